The molecule has 0 heterocycles. The second-order valence-electron chi connectivity index (χ2n) is 6.32. The number of thioether (sulfide) groups is 1. The van der Waals surface area contributed by atoms with Crippen LogP contribution in [0.4, 0.5) is 0 Å². The lowest BCUT2D eigenvalue weighted by molar-refractivity contribution is 0.342. The molecule has 1 nitrogen and oxygen atoms in total. The molecule has 20 heavy (non-hydrogen) atoms. The summed E-state index contributed by atoms with van der Waals surface area (Å²) in [6.07, 6.45) is 10.2. The zero-order valence-electron chi connectivity index (χ0n) is 13.2. The minimum absolute atomic E-state index is 0.626. The number of nitrogens with one attached hydrogen (secondary N) is 1. The smallest absolute Gasteiger partial charge is 0.00800 e. The van der Waals surface area contributed by atoms with Gasteiger partial charge in [-0.2, -0.15) is 11.8 Å². The van der Waals surface area contributed by atoms with Crippen LogP contribution in [0.2, 0.25) is 0 Å². The van der Waals surface area contributed by atoms with Gasteiger partial charge in [-0.25, -0.2) is 0 Å². The Morgan fingerprint density at radius 1 is 1.35 bits per heavy atom. The minimum Gasteiger partial charge on any atom is -0.311 e. The molecule has 1 aliphatic rings. The molecule has 2 rings (SSSR count). The van der Waals surface area contributed by atoms with Gasteiger partial charge in [0, 0.05) is 17.3 Å². The van der Waals surface area contributed by atoms with Gasteiger partial charge in [-0.15, -0.1) is 0 Å². The Balaban J connectivity index is 1.73. The second-order valence-corrected chi connectivity index (χ2v) is 7.45. The average Bonchev–Trinajstić information content (AvgIpc) is 2.45. The molecule has 0 aliphatic heterocycles. The third-order valence-electron chi connectivity index (χ3n) is 4.43. The topological polar surface area (TPSA) is 12.0 Å². The largest absolute Gasteiger partial charge is 0.311 e. The fourth-order valence-corrected chi connectivity index (χ4v) is 4.07. The third kappa shape index (κ3) is 5.14. The Morgan fingerprint density at radius 2 is 2.20 bits per heavy atom. The third-order valence-corrected chi connectivity index (χ3v) is 5.52. The van der Waals surface area contributed by atoms with Crippen LogP contribution in [0, 0.1) is 6.92 Å². The summed E-state index contributed by atoms with van der Waals surface area (Å²) in [4.78, 5) is 0. The molecule has 1 N–H and O–H groups in total. The lowest BCUT2D eigenvalue weighted by Crippen LogP contribution is -2.40. The van der Waals surface area contributed by atoms with E-state index in [9.17, 15) is 0 Å². The molecule has 0 amide bonds. The van der Waals surface area contributed by atoms with Crippen LogP contribution in [0.15, 0.2) is 24.3 Å². The van der Waals surface area contributed by atoms with E-state index in [1.165, 1.54) is 49.7 Å². The summed E-state index contributed by atoms with van der Waals surface area (Å²) in [6, 6.07) is 10.3. The fraction of sp³-hybridized carbons (Fsp3) is 0.667. The summed E-state index contributed by atoms with van der Waals surface area (Å²) >= 11 is 2.05. The Bertz CT molecular complexity index is 404. The van der Waals surface area contributed by atoms with Crippen LogP contribution >= 0.6 is 11.8 Å². The molecule has 1 fully saturated rings. The van der Waals surface area contributed by atoms with Crippen molar-refractivity contribution < 1.29 is 0 Å². The van der Waals surface area contributed by atoms with Crippen molar-refractivity contribution in [1.29, 1.82) is 0 Å². The lowest BCUT2D eigenvalue weighted by atomic mass is 9.94. The zero-order valence-corrected chi connectivity index (χ0v) is 14.0. The van der Waals surface area contributed by atoms with Gasteiger partial charge < -0.3 is 5.32 Å². The molecule has 0 spiro atoms. The molecule has 1 aliphatic carbocycles. The molecular weight excluding hydrogens is 262 g/mol. The molecule has 1 saturated carbocycles. The summed E-state index contributed by atoms with van der Waals surface area (Å²) in [7, 11) is 0. The van der Waals surface area contributed by atoms with E-state index in [0.717, 1.165) is 11.3 Å². The van der Waals surface area contributed by atoms with Gasteiger partial charge in [0.2, 0.25) is 0 Å². The molecule has 1 aromatic rings. The number of hydrogen-bond acceptors (Lipinski definition) is 2. The highest BCUT2D eigenvalue weighted by Gasteiger charge is 2.22. The molecule has 3 atom stereocenters. The van der Waals surface area contributed by atoms with Crippen LogP contribution in [-0.4, -0.2) is 23.6 Å². The minimum atomic E-state index is 0.626. The van der Waals surface area contributed by atoms with E-state index in [1.54, 1.807) is 0 Å². The maximum absolute atomic E-state index is 3.85. The van der Waals surface area contributed by atoms with Crippen molar-refractivity contribution in [3.63, 3.8) is 0 Å². The Kier molecular flexibility index (Phi) is 6.44. The van der Waals surface area contributed by atoms with E-state index in [4.69, 9.17) is 0 Å². The van der Waals surface area contributed by atoms with Crippen molar-refractivity contribution in [1.82, 2.24) is 5.32 Å². The Labute approximate surface area is 128 Å². The predicted molar refractivity (Wildman–Crippen MR) is 91.7 cm³/mol. The quantitative estimate of drug-likeness (QED) is 0.823. The molecule has 0 radical (unpaired) electrons. The van der Waals surface area contributed by atoms with Crippen LogP contribution in [0.5, 0.6) is 0 Å². The summed E-state index contributed by atoms with van der Waals surface area (Å²) in [6.45, 7) is 4.52. The van der Waals surface area contributed by atoms with Crippen LogP contribution in [0.3, 0.4) is 0 Å². The van der Waals surface area contributed by atoms with E-state index in [1.807, 2.05) is 11.8 Å². The number of benzene rings is 1. The van der Waals surface area contributed by atoms with Crippen molar-refractivity contribution in [2.45, 2.75) is 69.7 Å². The van der Waals surface area contributed by atoms with Crippen LogP contribution < -0.4 is 5.32 Å². The summed E-state index contributed by atoms with van der Waals surface area (Å²) < 4.78 is 0. The van der Waals surface area contributed by atoms with Crippen LogP contribution in [0.25, 0.3) is 0 Å². The van der Waals surface area contributed by atoms with Crippen molar-refractivity contribution in [2.75, 3.05) is 6.26 Å². The van der Waals surface area contributed by atoms with Crippen molar-refractivity contribution in [3.05, 3.63) is 35.4 Å². The van der Waals surface area contributed by atoms with E-state index >= 15 is 0 Å². The molecular formula is C18H29NS. The molecule has 0 bridgehead atoms. The Hall–Kier alpha value is -0.470. The summed E-state index contributed by atoms with van der Waals surface area (Å²) in [5.41, 5.74) is 2.85. The number of rotatable bonds is 6. The lowest BCUT2D eigenvalue weighted by Gasteiger charge is -2.31. The maximum atomic E-state index is 3.85. The standard InChI is InChI=1S/C18H29NS/c1-14-6-4-7-16(12-14)11-10-15(2)19-17-8-5-9-18(13-17)20-3/h4,6-7,12,15,17-19H,5,8-11,13H2,1-3H3. The Morgan fingerprint density at radius 3 is 2.95 bits per heavy atom. The first-order valence-electron chi connectivity index (χ1n) is 8.01. The van der Waals surface area contributed by atoms with E-state index in [0.29, 0.717) is 6.04 Å². The fourth-order valence-electron chi connectivity index (χ4n) is 3.25. The molecule has 2 heteroatoms. The molecule has 0 aromatic heterocycles. The van der Waals surface area contributed by atoms with Crippen LogP contribution in [0.1, 0.15) is 50.2 Å². The van der Waals surface area contributed by atoms with Gasteiger partial charge in [0.15, 0.2) is 0 Å². The SMILES string of the molecule is CSC1CCCC(NC(C)CCc2cccc(C)c2)C1. The highest BCUT2D eigenvalue weighted by Crippen LogP contribution is 2.27. The number of aryl methyl sites for hydroxylation is 2. The van der Waals surface area contributed by atoms with Gasteiger partial charge in [0.05, 0.1) is 0 Å². The van der Waals surface area contributed by atoms with Crippen molar-refractivity contribution >= 4 is 11.8 Å². The van der Waals surface area contributed by atoms with Gasteiger partial charge in [-0.3, -0.25) is 0 Å². The van der Waals surface area contributed by atoms with Gasteiger partial charge in [-0.05, 0) is 57.8 Å². The predicted octanol–water partition coefficient (Wildman–Crippen LogP) is 4.58. The first kappa shape index (κ1) is 15.9. The van der Waals surface area contributed by atoms with E-state index in [-0.39, 0.29) is 0 Å². The van der Waals surface area contributed by atoms with E-state index < -0.39 is 0 Å². The molecule has 1 aromatic carbocycles. The first-order valence-corrected chi connectivity index (χ1v) is 9.30. The number of hydrogen-bond donors (Lipinski definition) is 1. The first-order chi connectivity index (χ1) is 9.67. The van der Waals surface area contributed by atoms with Crippen LogP contribution in [-0.2, 0) is 6.42 Å². The highest BCUT2D eigenvalue weighted by atomic mass is 32.2. The average molecular weight is 292 g/mol. The van der Waals surface area contributed by atoms with Crippen molar-refractivity contribution in [3.8, 4) is 0 Å². The van der Waals surface area contributed by atoms with Crippen molar-refractivity contribution in [2.24, 2.45) is 0 Å². The normalized spacial score (nSPS) is 24.6. The van der Waals surface area contributed by atoms with E-state index in [2.05, 4.69) is 49.7 Å². The monoisotopic (exact) mass is 291 g/mol. The van der Waals surface area contributed by atoms with Gasteiger partial charge >= 0.3 is 0 Å². The van der Waals surface area contributed by atoms with Gasteiger partial charge in [0.25, 0.3) is 0 Å². The summed E-state index contributed by atoms with van der Waals surface area (Å²) in [5, 5.41) is 4.73. The summed E-state index contributed by atoms with van der Waals surface area (Å²) in [5.74, 6) is 0. The molecule has 112 valence electrons. The van der Waals surface area contributed by atoms with Gasteiger partial charge in [-0.1, -0.05) is 36.2 Å². The molecule has 0 saturated heterocycles. The maximum Gasteiger partial charge on any atom is 0.00800 e. The highest BCUT2D eigenvalue weighted by molar-refractivity contribution is 7.99. The zero-order chi connectivity index (χ0) is 14.4. The molecule has 3 unspecified atom stereocenters. The second kappa shape index (κ2) is 8.09. The van der Waals surface area contributed by atoms with Gasteiger partial charge in [0.1, 0.15) is 0 Å².